The first-order chi connectivity index (χ1) is 14.4. The van der Waals surface area contributed by atoms with Gasteiger partial charge in [0.25, 0.3) is 12.6 Å². The normalized spacial score (nSPS) is 14.1. The van der Waals surface area contributed by atoms with E-state index in [4.69, 9.17) is 5.26 Å². The maximum atomic E-state index is 14.8. The van der Waals surface area contributed by atoms with Gasteiger partial charge in [0.1, 0.15) is 5.69 Å². The average molecular weight is 401 g/mol. The van der Waals surface area contributed by atoms with E-state index in [1.54, 1.807) is 10.7 Å². The molecule has 1 amide bonds. The maximum absolute atomic E-state index is 14.8. The quantitative estimate of drug-likeness (QED) is 0.532. The Labute approximate surface area is 171 Å². The van der Waals surface area contributed by atoms with Crippen molar-refractivity contribution in [1.29, 1.82) is 5.26 Å². The highest BCUT2D eigenvalue weighted by Gasteiger charge is 2.34. The van der Waals surface area contributed by atoms with Crippen LogP contribution in [0.5, 0.6) is 0 Å². The number of fused-ring (bicyclic) bond motifs is 2. The van der Waals surface area contributed by atoms with Gasteiger partial charge in [-0.15, -0.1) is 0 Å². The number of aryl methyl sites for hydroxylation is 2. The number of carbonyl (C=O) groups is 1. The van der Waals surface area contributed by atoms with Crippen molar-refractivity contribution in [2.75, 3.05) is 0 Å². The second kappa shape index (κ2) is 6.66. The molecule has 5 heterocycles. The van der Waals surface area contributed by atoms with E-state index < -0.39 is 5.82 Å². The van der Waals surface area contributed by atoms with Crippen molar-refractivity contribution >= 4 is 23.9 Å². The van der Waals surface area contributed by atoms with Crippen molar-refractivity contribution in [1.82, 2.24) is 29.3 Å². The molecule has 8 nitrogen and oxygen atoms in total. The van der Waals surface area contributed by atoms with Crippen LogP contribution in [0.25, 0.3) is 22.6 Å². The van der Waals surface area contributed by atoms with Crippen molar-refractivity contribution in [3.8, 4) is 17.2 Å². The van der Waals surface area contributed by atoms with Gasteiger partial charge in [-0.05, 0) is 44.2 Å². The van der Waals surface area contributed by atoms with Crippen molar-refractivity contribution in [2.45, 2.75) is 32.5 Å². The SMILES string of the molecule is Cc1cn2nc(-c3cc(F)c4nc(C(=O)NC5CB(C#N)C5)cn4c3)cc(C)c2n1. The molecule has 0 aromatic carbocycles. The van der Waals surface area contributed by atoms with E-state index in [9.17, 15) is 9.18 Å². The van der Waals surface area contributed by atoms with Crippen LogP contribution in [0, 0.1) is 30.9 Å². The van der Waals surface area contributed by atoms with Crippen molar-refractivity contribution in [3.63, 3.8) is 0 Å². The number of nitriles is 1. The molecule has 5 rings (SSSR count). The van der Waals surface area contributed by atoms with Gasteiger partial charge < -0.3 is 9.72 Å². The zero-order valence-electron chi connectivity index (χ0n) is 16.4. The first kappa shape index (κ1) is 18.3. The smallest absolute Gasteiger partial charge is 0.271 e. The zero-order valence-corrected chi connectivity index (χ0v) is 16.4. The lowest BCUT2D eigenvalue weighted by Crippen LogP contribution is -2.47. The number of nitrogens with zero attached hydrogens (tertiary/aromatic N) is 6. The monoisotopic (exact) mass is 401 g/mol. The van der Waals surface area contributed by atoms with Crippen LogP contribution in [-0.4, -0.2) is 42.6 Å². The van der Waals surface area contributed by atoms with Crippen LogP contribution in [0.3, 0.4) is 0 Å². The molecule has 0 unspecified atom stereocenters. The van der Waals surface area contributed by atoms with E-state index in [1.165, 1.54) is 16.7 Å². The number of amides is 1. The number of hydrogen-bond donors (Lipinski definition) is 1. The number of carbonyl (C=O) groups excluding carboxylic acids is 1. The maximum Gasteiger partial charge on any atom is 0.271 e. The van der Waals surface area contributed by atoms with Crippen LogP contribution in [0.4, 0.5) is 4.39 Å². The van der Waals surface area contributed by atoms with Crippen molar-refractivity contribution in [2.24, 2.45) is 0 Å². The van der Waals surface area contributed by atoms with E-state index in [-0.39, 0.29) is 30.0 Å². The average Bonchev–Trinajstić information content (AvgIpc) is 3.27. The second-order valence-corrected chi connectivity index (χ2v) is 7.76. The summed E-state index contributed by atoms with van der Waals surface area (Å²) in [6, 6.07) is 3.19. The Morgan fingerprint density at radius 2 is 2.03 bits per heavy atom. The van der Waals surface area contributed by atoms with E-state index in [0.29, 0.717) is 23.9 Å². The molecular formula is C20H17BFN7O. The van der Waals surface area contributed by atoms with Gasteiger partial charge in [-0.3, -0.25) is 4.79 Å². The highest BCUT2D eigenvalue weighted by Crippen LogP contribution is 2.24. The molecular weight excluding hydrogens is 384 g/mol. The molecule has 148 valence electrons. The molecule has 1 aliphatic rings. The van der Waals surface area contributed by atoms with Crippen LogP contribution in [0.15, 0.2) is 30.7 Å². The predicted octanol–water partition coefficient (Wildman–Crippen LogP) is 2.47. The van der Waals surface area contributed by atoms with Gasteiger partial charge in [0, 0.05) is 30.0 Å². The largest absolute Gasteiger partial charge is 0.349 e. The van der Waals surface area contributed by atoms with Gasteiger partial charge in [0.05, 0.1) is 17.6 Å². The van der Waals surface area contributed by atoms with Crippen molar-refractivity contribution < 1.29 is 9.18 Å². The Morgan fingerprint density at radius 1 is 1.23 bits per heavy atom. The summed E-state index contributed by atoms with van der Waals surface area (Å²) in [5, 5.41) is 16.2. The molecule has 0 spiro atoms. The first-order valence-electron chi connectivity index (χ1n) is 9.64. The lowest BCUT2D eigenvalue weighted by molar-refractivity contribution is 0.0935. The summed E-state index contributed by atoms with van der Waals surface area (Å²) >= 11 is 0. The molecule has 0 atom stereocenters. The Bertz CT molecular complexity index is 1360. The topological polar surface area (TPSA) is 100 Å². The zero-order chi connectivity index (χ0) is 21.0. The predicted molar refractivity (Wildman–Crippen MR) is 109 cm³/mol. The van der Waals surface area contributed by atoms with E-state index >= 15 is 0 Å². The Morgan fingerprint density at radius 3 is 2.80 bits per heavy atom. The lowest BCUT2D eigenvalue weighted by Gasteiger charge is -2.28. The van der Waals surface area contributed by atoms with E-state index in [1.807, 2.05) is 26.1 Å². The minimum Gasteiger partial charge on any atom is -0.349 e. The van der Waals surface area contributed by atoms with Gasteiger partial charge in [-0.1, -0.05) is 0 Å². The molecule has 1 fully saturated rings. The van der Waals surface area contributed by atoms with E-state index in [2.05, 4.69) is 26.4 Å². The van der Waals surface area contributed by atoms with Gasteiger partial charge >= 0.3 is 0 Å². The Balaban J connectivity index is 1.48. The molecule has 10 heteroatoms. The minimum atomic E-state index is -0.541. The summed E-state index contributed by atoms with van der Waals surface area (Å²) < 4.78 is 17.9. The van der Waals surface area contributed by atoms with Crippen LogP contribution in [0.1, 0.15) is 21.7 Å². The molecule has 1 aliphatic heterocycles. The minimum absolute atomic E-state index is 0.0102. The number of rotatable bonds is 3. The molecule has 0 radical (unpaired) electrons. The fraction of sp³-hybridized carbons (Fsp3) is 0.250. The summed E-state index contributed by atoms with van der Waals surface area (Å²) in [7, 11) is 0. The van der Waals surface area contributed by atoms with Gasteiger partial charge in [-0.25, -0.2) is 24.1 Å². The van der Waals surface area contributed by atoms with Crippen LogP contribution >= 0.6 is 0 Å². The molecule has 4 aromatic heterocycles. The summed E-state index contributed by atoms with van der Waals surface area (Å²) in [4.78, 5) is 21.0. The third-order valence-electron chi connectivity index (χ3n) is 5.42. The number of hydrogen-bond acceptors (Lipinski definition) is 5. The van der Waals surface area contributed by atoms with Crippen LogP contribution in [-0.2, 0) is 0 Å². The Hall–Kier alpha value is -3.74. The number of nitrogens with one attached hydrogen (secondary N) is 1. The molecule has 30 heavy (non-hydrogen) atoms. The summed E-state index contributed by atoms with van der Waals surface area (Å²) in [5.41, 5.74) is 3.90. The van der Waals surface area contributed by atoms with Gasteiger partial charge in [0.2, 0.25) is 0 Å². The standard InChI is InChI=1S/C20H17BFN7O/c1-11-3-16(27-29-7-12(2)24-18(11)29)13-4-15(22)19-26-17(9-28(19)8-13)20(30)25-14-5-21(6-14)10-23/h3-4,7-9,14H,5-6H2,1-2H3,(H,25,30). The number of pyridine rings is 1. The molecule has 4 aromatic rings. The van der Waals surface area contributed by atoms with Crippen molar-refractivity contribution in [3.05, 3.63) is 53.5 Å². The van der Waals surface area contributed by atoms with Gasteiger partial charge in [-0.2, -0.15) is 5.10 Å². The molecule has 0 saturated carbocycles. The third kappa shape index (κ3) is 2.99. The fourth-order valence-corrected chi connectivity index (χ4v) is 3.79. The van der Waals surface area contributed by atoms with E-state index in [0.717, 1.165) is 16.9 Å². The Kier molecular flexibility index (Phi) is 4.06. The number of aromatic nitrogens is 5. The number of halogens is 1. The lowest BCUT2D eigenvalue weighted by atomic mass is 9.34. The molecule has 1 N–H and O–H groups in total. The van der Waals surface area contributed by atoms with Gasteiger partial charge in [0.15, 0.2) is 17.1 Å². The number of imidazole rings is 2. The fourth-order valence-electron chi connectivity index (χ4n) is 3.79. The van der Waals surface area contributed by atoms with Crippen LogP contribution < -0.4 is 5.32 Å². The first-order valence-corrected chi connectivity index (χ1v) is 9.64. The summed E-state index contributed by atoms with van der Waals surface area (Å²) in [6.07, 6.45) is 6.29. The highest BCUT2D eigenvalue weighted by molar-refractivity contribution is 6.70. The summed E-state index contributed by atoms with van der Waals surface area (Å²) in [5.74, 6) is 1.27. The highest BCUT2D eigenvalue weighted by atomic mass is 19.1. The molecule has 0 bridgehead atoms. The second-order valence-electron chi connectivity index (χ2n) is 7.76. The summed E-state index contributed by atoms with van der Waals surface area (Å²) in [6.45, 7) is 3.81. The van der Waals surface area contributed by atoms with Crippen LogP contribution in [0.2, 0.25) is 12.6 Å². The third-order valence-corrected chi connectivity index (χ3v) is 5.42. The molecule has 1 saturated heterocycles. The molecule has 0 aliphatic carbocycles.